The number of nitrogens with zero attached hydrogens (tertiary/aromatic N) is 3. The summed E-state index contributed by atoms with van der Waals surface area (Å²) in [4.78, 5) is 7.90. The summed E-state index contributed by atoms with van der Waals surface area (Å²) in [5, 5.41) is 0. The Morgan fingerprint density at radius 2 is 1.53 bits per heavy atom. The largest absolute Gasteiger partial charge is 0.304 e. The molecule has 0 amide bonds. The SMILES string of the molecule is C[C@@H]1CC(N2CCN(C)CC2)[C@@H](C)CN1C(C)(C)C. The molecule has 1 unspecified atom stereocenters. The van der Waals surface area contributed by atoms with Crippen molar-refractivity contribution in [3.8, 4) is 0 Å². The van der Waals surface area contributed by atoms with Gasteiger partial charge >= 0.3 is 0 Å². The number of likely N-dealkylation sites (tertiary alicyclic amines) is 1. The molecule has 2 saturated heterocycles. The maximum Gasteiger partial charge on any atom is 0.0149 e. The molecule has 0 aromatic carbocycles. The van der Waals surface area contributed by atoms with E-state index in [1.807, 2.05) is 0 Å². The van der Waals surface area contributed by atoms with Crippen molar-refractivity contribution in [3.63, 3.8) is 0 Å². The zero-order chi connectivity index (χ0) is 14.2. The van der Waals surface area contributed by atoms with E-state index in [2.05, 4.69) is 56.4 Å². The Balaban J connectivity index is 1.98. The molecular weight excluding hydrogens is 234 g/mol. The summed E-state index contributed by atoms with van der Waals surface area (Å²) in [6, 6.07) is 1.50. The molecule has 0 bridgehead atoms. The van der Waals surface area contributed by atoms with Gasteiger partial charge in [-0.2, -0.15) is 0 Å². The van der Waals surface area contributed by atoms with Crippen LogP contribution in [0.4, 0.5) is 0 Å². The Morgan fingerprint density at radius 1 is 0.947 bits per heavy atom. The number of likely N-dealkylation sites (N-methyl/N-ethyl adjacent to an activating group) is 1. The first-order valence-corrected chi connectivity index (χ1v) is 7.98. The summed E-state index contributed by atoms with van der Waals surface area (Å²) in [5.41, 5.74) is 0.306. The zero-order valence-electron chi connectivity index (χ0n) is 13.8. The van der Waals surface area contributed by atoms with Crippen molar-refractivity contribution in [1.82, 2.24) is 14.7 Å². The molecule has 3 nitrogen and oxygen atoms in total. The van der Waals surface area contributed by atoms with E-state index in [1.54, 1.807) is 0 Å². The van der Waals surface area contributed by atoms with E-state index in [-0.39, 0.29) is 0 Å². The Kier molecular flexibility index (Phi) is 4.59. The number of hydrogen-bond acceptors (Lipinski definition) is 3. The molecule has 19 heavy (non-hydrogen) atoms. The van der Waals surface area contributed by atoms with E-state index < -0.39 is 0 Å². The van der Waals surface area contributed by atoms with Gasteiger partial charge in [0.05, 0.1) is 0 Å². The standard InChI is InChI=1S/C16H33N3/c1-13-12-19(16(3,4)5)14(2)11-15(13)18-9-7-17(6)8-10-18/h13-15H,7-12H2,1-6H3/t13-,14+,15?/m0/s1. The Morgan fingerprint density at radius 3 is 2.05 bits per heavy atom. The first kappa shape index (κ1) is 15.3. The normalized spacial score (nSPS) is 36.6. The fraction of sp³-hybridized carbons (Fsp3) is 1.00. The molecule has 2 fully saturated rings. The number of rotatable bonds is 1. The molecule has 2 rings (SSSR count). The third-order valence-corrected chi connectivity index (χ3v) is 5.12. The van der Waals surface area contributed by atoms with Crippen LogP contribution in [-0.2, 0) is 0 Å². The molecule has 2 aliphatic heterocycles. The highest BCUT2D eigenvalue weighted by molar-refractivity contribution is 4.94. The fourth-order valence-electron chi connectivity index (χ4n) is 3.92. The lowest BCUT2D eigenvalue weighted by Crippen LogP contribution is -2.60. The highest BCUT2D eigenvalue weighted by Gasteiger charge is 2.38. The van der Waals surface area contributed by atoms with Crippen molar-refractivity contribution >= 4 is 0 Å². The van der Waals surface area contributed by atoms with Gasteiger partial charge < -0.3 is 4.90 Å². The molecule has 2 aliphatic rings. The van der Waals surface area contributed by atoms with E-state index in [1.165, 1.54) is 39.1 Å². The highest BCUT2D eigenvalue weighted by atomic mass is 15.3. The molecule has 3 heteroatoms. The van der Waals surface area contributed by atoms with E-state index in [0.717, 1.165) is 12.0 Å². The molecule has 0 aliphatic carbocycles. The van der Waals surface area contributed by atoms with Gasteiger partial charge in [-0.15, -0.1) is 0 Å². The Labute approximate surface area is 119 Å². The summed E-state index contributed by atoms with van der Waals surface area (Å²) >= 11 is 0. The summed E-state index contributed by atoms with van der Waals surface area (Å²) in [7, 11) is 2.24. The molecular formula is C16H33N3. The van der Waals surface area contributed by atoms with Crippen molar-refractivity contribution in [2.24, 2.45) is 5.92 Å². The van der Waals surface area contributed by atoms with Crippen molar-refractivity contribution in [1.29, 1.82) is 0 Å². The molecule has 3 atom stereocenters. The lowest BCUT2D eigenvalue weighted by atomic mass is 9.85. The minimum Gasteiger partial charge on any atom is -0.304 e. The van der Waals surface area contributed by atoms with Gasteiger partial charge in [-0.05, 0) is 47.1 Å². The smallest absolute Gasteiger partial charge is 0.0149 e. The van der Waals surface area contributed by atoms with E-state index >= 15 is 0 Å². The van der Waals surface area contributed by atoms with Crippen molar-refractivity contribution in [2.45, 2.75) is 58.7 Å². The van der Waals surface area contributed by atoms with Crippen LogP contribution in [0.15, 0.2) is 0 Å². The van der Waals surface area contributed by atoms with Gasteiger partial charge in [0.2, 0.25) is 0 Å². The summed E-state index contributed by atoms with van der Waals surface area (Å²) in [6.45, 7) is 18.2. The lowest BCUT2D eigenvalue weighted by molar-refractivity contribution is -0.0250. The van der Waals surface area contributed by atoms with Crippen LogP contribution in [0, 0.1) is 5.92 Å². The van der Waals surface area contributed by atoms with E-state index in [4.69, 9.17) is 0 Å². The number of piperidine rings is 1. The van der Waals surface area contributed by atoms with Gasteiger partial charge in [0, 0.05) is 50.3 Å². The first-order valence-electron chi connectivity index (χ1n) is 7.98. The number of piperazine rings is 1. The molecule has 0 N–H and O–H groups in total. The van der Waals surface area contributed by atoms with Crippen LogP contribution in [-0.4, -0.2) is 72.1 Å². The Bertz CT molecular complexity index is 289. The lowest BCUT2D eigenvalue weighted by Gasteiger charge is -2.52. The molecule has 2 heterocycles. The fourth-order valence-corrected chi connectivity index (χ4v) is 3.92. The van der Waals surface area contributed by atoms with Crippen LogP contribution in [0.2, 0.25) is 0 Å². The number of hydrogen-bond donors (Lipinski definition) is 0. The van der Waals surface area contributed by atoms with Crippen LogP contribution in [0.25, 0.3) is 0 Å². The molecule has 0 saturated carbocycles. The summed E-state index contributed by atoms with van der Waals surface area (Å²) in [5.74, 6) is 0.791. The zero-order valence-corrected chi connectivity index (χ0v) is 13.8. The monoisotopic (exact) mass is 267 g/mol. The third kappa shape index (κ3) is 3.50. The minimum absolute atomic E-state index is 0.306. The van der Waals surface area contributed by atoms with Gasteiger partial charge in [-0.25, -0.2) is 0 Å². The average Bonchev–Trinajstić information content (AvgIpc) is 2.31. The first-order chi connectivity index (χ1) is 8.79. The summed E-state index contributed by atoms with van der Waals surface area (Å²) in [6.07, 6.45) is 1.34. The van der Waals surface area contributed by atoms with Crippen LogP contribution in [0.3, 0.4) is 0 Å². The van der Waals surface area contributed by atoms with Crippen LogP contribution in [0.5, 0.6) is 0 Å². The second-order valence-electron chi connectivity index (χ2n) is 7.79. The maximum atomic E-state index is 2.75. The molecule has 0 aromatic rings. The van der Waals surface area contributed by atoms with Gasteiger partial charge in [0.1, 0.15) is 0 Å². The van der Waals surface area contributed by atoms with Crippen LogP contribution >= 0.6 is 0 Å². The molecule has 0 aromatic heterocycles. The van der Waals surface area contributed by atoms with Gasteiger partial charge in [0.25, 0.3) is 0 Å². The van der Waals surface area contributed by atoms with Crippen molar-refractivity contribution in [2.75, 3.05) is 39.8 Å². The van der Waals surface area contributed by atoms with Crippen LogP contribution in [0.1, 0.15) is 41.0 Å². The molecule has 112 valence electrons. The van der Waals surface area contributed by atoms with Gasteiger partial charge in [0.15, 0.2) is 0 Å². The predicted molar refractivity (Wildman–Crippen MR) is 82.6 cm³/mol. The topological polar surface area (TPSA) is 9.72 Å². The van der Waals surface area contributed by atoms with Crippen LogP contribution < -0.4 is 0 Å². The Hall–Kier alpha value is -0.120. The molecule has 0 spiro atoms. The van der Waals surface area contributed by atoms with Crippen molar-refractivity contribution in [3.05, 3.63) is 0 Å². The van der Waals surface area contributed by atoms with E-state index in [9.17, 15) is 0 Å². The quantitative estimate of drug-likeness (QED) is 0.720. The predicted octanol–water partition coefficient (Wildman–Crippen LogP) is 2.13. The second kappa shape index (κ2) is 5.71. The highest BCUT2D eigenvalue weighted by Crippen LogP contribution is 2.31. The third-order valence-electron chi connectivity index (χ3n) is 5.12. The minimum atomic E-state index is 0.306. The maximum absolute atomic E-state index is 2.75. The van der Waals surface area contributed by atoms with E-state index in [0.29, 0.717) is 11.6 Å². The summed E-state index contributed by atoms with van der Waals surface area (Å²) < 4.78 is 0. The average molecular weight is 267 g/mol. The van der Waals surface area contributed by atoms with Gasteiger partial charge in [-0.1, -0.05) is 6.92 Å². The van der Waals surface area contributed by atoms with Gasteiger partial charge in [-0.3, -0.25) is 9.80 Å². The second-order valence-corrected chi connectivity index (χ2v) is 7.79. The molecule has 0 radical (unpaired) electrons. The van der Waals surface area contributed by atoms with Crippen molar-refractivity contribution < 1.29 is 0 Å².